The number of phosphoric acid groups is 1. The predicted molar refractivity (Wildman–Crippen MR) is 286 cm³/mol. The summed E-state index contributed by atoms with van der Waals surface area (Å²) in [5.74, 6) is -0.177. The van der Waals surface area contributed by atoms with Crippen LogP contribution in [0.15, 0.2) is 36.5 Å². The Morgan fingerprint density at radius 3 is 1.24 bits per heavy atom. The van der Waals surface area contributed by atoms with E-state index in [4.69, 9.17) is 9.05 Å². The maximum atomic E-state index is 13.0. The molecule has 0 aliphatic rings. The zero-order valence-corrected chi connectivity index (χ0v) is 45.3. The molecule has 0 aromatic heterocycles. The van der Waals surface area contributed by atoms with E-state index in [9.17, 15) is 19.4 Å². The van der Waals surface area contributed by atoms with Crippen LogP contribution in [0.3, 0.4) is 0 Å². The third kappa shape index (κ3) is 50.6. The second-order valence-electron chi connectivity index (χ2n) is 20.7. The highest BCUT2D eigenvalue weighted by Crippen LogP contribution is 2.43. The van der Waals surface area contributed by atoms with Gasteiger partial charge in [-0.3, -0.25) is 13.8 Å². The molecule has 66 heavy (non-hydrogen) atoms. The summed E-state index contributed by atoms with van der Waals surface area (Å²) in [6.45, 7) is 4.84. The quantitative estimate of drug-likeness (QED) is 0.0243. The fraction of sp³-hybridized carbons (Fsp3) is 0.877. The normalized spacial score (nSPS) is 14.2. The van der Waals surface area contributed by atoms with E-state index in [-0.39, 0.29) is 19.1 Å². The van der Waals surface area contributed by atoms with Crippen LogP contribution in [0.2, 0.25) is 0 Å². The molecule has 0 aromatic carbocycles. The molecule has 0 bridgehead atoms. The molecule has 9 heteroatoms. The number of hydrogen-bond acceptors (Lipinski definition) is 5. The fourth-order valence-electron chi connectivity index (χ4n) is 8.37. The first-order chi connectivity index (χ1) is 32.0. The third-order valence-corrected chi connectivity index (χ3v) is 13.8. The molecule has 0 rings (SSSR count). The third-order valence-electron chi connectivity index (χ3n) is 12.9. The number of carbonyl (C=O) groups excluding carboxylic acids is 1. The zero-order chi connectivity index (χ0) is 48.5. The Balaban J connectivity index is 4.19. The minimum Gasteiger partial charge on any atom is -0.387 e. The van der Waals surface area contributed by atoms with Gasteiger partial charge in [-0.15, -0.1) is 0 Å². The van der Waals surface area contributed by atoms with Crippen LogP contribution in [-0.2, 0) is 18.4 Å². The lowest BCUT2D eigenvalue weighted by Gasteiger charge is -2.25. The van der Waals surface area contributed by atoms with Gasteiger partial charge in [0, 0.05) is 6.42 Å². The van der Waals surface area contributed by atoms with Crippen molar-refractivity contribution in [2.45, 2.75) is 283 Å². The van der Waals surface area contributed by atoms with Gasteiger partial charge in [-0.05, 0) is 51.4 Å². The van der Waals surface area contributed by atoms with Crippen molar-refractivity contribution in [3.05, 3.63) is 36.5 Å². The Bertz CT molecular complexity index is 1170. The molecule has 0 aliphatic heterocycles. The van der Waals surface area contributed by atoms with Gasteiger partial charge in [-0.1, -0.05) is 249 Å². The van der Waals surface area contributed by atoms with Crippen molar-refractivity contribution in [1.29, 1.82) is 0 Å². The average Bonchev–Trinajstić information content (AvgIpc) is 3.28. The summed E-state index contributed by atoms with van der Waals surface area (Å²) in [5.41, 5.74) is 0. The van der Waals surface area contributed by atoms with Crippen molar-refractivity contribution in [3.8, 4) is 0 Å². The van der Waals surface area contributed by atoms with E-state index >= 15 is 0 Å². The number of allylic oxidation sites excluding steroid dienone is 5. The summed E-state index contributed by atoms with van der Waals surface area (Å²) in [5, 5.41) is 13.9. The van der Waals surface area contributed by atoms with E-state index in [2.05, 4.69) is 43.5 Å². The molecule has 8 nitrogen and oxygen atoms in total. The van der Waals surface area contributed by atoms with Gasteiger partial charge in [0.1, 0.15) is 13.2 Å². The molecule has 3 unspecified atom stereocenters. The lowest BCUT2D eigenvalue weighted by Crippen LogP contribution is -2.45. The largest absolute Gasteiger partial charge is 0.472 e. The smallest absolute Gasteiger partial charge is 0.387 e. The van der Waals surface area contributed by atoms with Crippen molar-refractivity contribution in [2.24, 2.45) is 0 Å². The molecule has 3 N–H and O–H groups in total. The zero-order valence-electron chi connectivity index (χ0n) is 44.4. The Morgan fingerprint density at radius 1 is 0.515 bits per heavy atom. The van der Waals surface area contributed by atoms with E-state index in [1.807, 2.05) is 27.2 Å². The lowest BCUT2D eigenvalue weighted by molar-refractivity contribution is -0.870. The monoisotopic (exact) mass is 952 g/mol. The van der Waals surface area contributed by atoms with Gasteiger partial charge >= 0.3 is 7.82 Å². The van der Waals surface area contributed by atoms with Crippen molar-refractivity contribution in [2.75, 3.05) is 40.9 Å². The predicted octanol–water partition coefficient (Wildman–Crippen LogP) is 17.0. The minimum absolute atomic E-state index is 0.0616. The average molecular weight is 953 g/mol. The number of nitrogens with one attached hydrogen (secondary N) is 1. The van der Waals surface area contributed by atoms with Crippen LogP contribution in [0.5, 0.6) is 0 Å². The molecule has 0 saturated carbocycles. The fourth-order valence-corrected chi connectivity index (χ4v) is 9.10. The van der Waals surface area contributed by atoms with Gasteiger partial charge in [0.05, 0.1) is 39.9 Å². The number of hydrogen-bond donors (Lipinski definition) is 3. The molecule has 0 saturated heterocycles. The number of phosphoric ester groups is 1. The molecule has 0 spiro atoms. The highest BCUT2D eigenvalue weighted by molar-refractivity contribution is 7.47. The van der Waals surface area contributed by atoms with Crippen LogP contribution in [0.1, 0.15) is 271 Å². The molecule has 0 radical (unpaired) electrons. The molecule has 3 atom stereocenters. The number of rotatable bonds is 52. The summed E-state index contributed by atoms with van der Waals surface area (Å²) in [6, 6.07) is -0.847. The SMILES string of the molecule is CCCCCCCCCCC/C=C\C/C=C\CCCCCCCCCCCCCC(=O)NC(COP(=O)(O)OCC[N+](C)(C)C)C(O)/C=C/CCCCCCCCCCCCCCCCC. The van der Waals surface area contributed by atoms with Gasteiger partial charge < -0.3 is 19.8 Å². The van der Waals surface area contributed by atoms with Crippen LogP contribution in [-0.4, -0.2) is 73.4 Å². The molecule has 0 aliphatic carbocycles. The minimum atomic E-state index is -4.34. The number of quaternary nitrogens is 1. The molecule has 390 valence electrons. The van der Waals surface area contributed by atoms with Gasteiger partial charge in [0.2, 0.25) is 5.91 Å². The van der Waals surface area contributed by atoms with Crippen LogP contribution in [0, 0.1) is 0 Å². The van der Waals surface area contributed by atoms with E-state index in [1.165, 1.54) is 205 Å². The molecule has 0 fully saturated rings. The van der Waals surface area contributed by atoms with E-state index < -0.39 is 20.0 Å². The summed E-state index contributed by atoms with van der Waals surface area (Å²) in [6.07, 6.45) is 62.4. The Hall–Kier alpha value is -1.28. The van der Waals surface area contributed by atoms with Crippen LogP contribution >= 0.6 is 7.82 Å². The van der Waals surface area contributed by atoms with Crippen molar-refractivity contribution in [3.63, 3.8) is 0 Å². The summed E-state index contributed by atoms with van der Waals surface area (Å²) in [4.78, 5) is 23.3. The number of aliphatic hydroxyl groups excluding tert-OH is 1. The van der Waals surface area contributed by atoms with Crippen molar-refractivity contribution in [1.82, 2.24) is 5.32 Å². The van der Waals surface area contributed by atoms with Crippen LogP contribution < -0.4 is 5.32 Å². The first-order valence-corrected chi connectivity index (χ1v) is 29.9. The molecular weight excluding hydrogens is 840 g/mol. The Kier molecular flexibility index (Phi) is 47.8. The van der Waals surface area contributed by atoms with E-state index in [0.717, 1.165) is 44.9 Å². The number of aliphatic hydroxyl groups is 1. The second-order valence-corrected chi connectivity index (χ2v) is 22.1. The molecule has 1 amide bonds. The number of likely N-dealkylation sites (N-methyl/N-ethyl adjacent to an activating group) is 1. The number of amides is 1. The molecular formula is C57H112N2O6P+. The van der Waals surface area contributed by atoms with Crippen molar-refractivity contribution >= 4 is 13.7 Å². The topological polar surface area (TPSA) is 105 Å². The van der Waals surface area contributed by atoms with Crippen molar-refractivity contribution < 1.29 is 32.9 Å². The molecule has 0 heterocycles. The lowest BCUT2D eigenvalue weighted by atomic mass is 10.0. The van der Waals surface area contributed by atoms with Gasteiger partial charge in [-0.2, -0.15) is 0 Å². The second kappa shape index (κ2) is 48.7. The number of nitrogens with zero attached hydrogens (tertiary/aromatic N) is 1. The summed E-state index contributed by atoms with van der Waals surface area (Å²) >= 11 is 0. The first-order valence-electron chi connectivity index (χ1n) is 28.4. The highest BCUT2D eigenvalue weighted by atomic mass is 31.2. The van der Waals surface area contributed by atoms with E-state index in [1.54, 1.807) is 6.08 Å². The van der Waals surface area contributed by atoms with E-state index in [0.29, 0.717) is 17.4 Å². The number of unbranched alkanes of at least 4 members (excludes halogenated alkanes) is 35. The molecule has 0 aromatic rings. The van der Waals surface area contributed by atoms with Crippen LogP contribution in [0.25, 0.3) is 0 Å². The van der Waals surface area contributed by atoms with Gasteiger partial charge in [-0.25, -0.2) is 4.57 Å². The Morgan fingerprint density at radius 2 is 0.864 bits per heavy atom. The maximum Gasteiger partial charge on any atom is 0.472 e. The highest BCUT2D eigenvalue weighted by Gasteiger charge is 2.27. The maximum absolute atomic E-state index is 13.0. The Labute approximate surface area is 410 Å². The summed E-state index contributed by atoms with van der Waals surface area (Å²) < 4.78 is 23.7. The van der Waals surface area contributed by atoms with Gasteiger partial charge in [0.25, 0.3) is 0 Å². The van der Waals surface area contributed by atoms with Gasteiger partial charge in [0.15, 0.2) is 0 Å². The first kappa shape index (κ1) is 64.7. The standard InChI is InChI=1S/C57H111N2O6P/c1-6-8-10-12-14-16-18-20-22-24-25-26-27-28-29-30-31-32-33-35-37-39-41-43-45-47-49-51-57(61)58-55(54-65-66(62,63)64-53-52-59(3,4)5)56(60)50-48-46-44-42-40-38-36-34-23-21-19-17-15-13-11-9-7-2/h25-26,28-29,48,50,55-56,60H,6-24,27,30-47,49,51-54H2,1-5H3,(H-,58,61,62,63)/p+1/b26-25-,29-28-,50-48+. The number of carbonyl (C=O) groups is 1. The summed E-state index contributed by atoms with van der Waals surface area (Å²) in [7, 11) is 1.58. The van der Waals surface area contributed by atoms with Crippen LogP contribution in [0.4, 0.5) is 0 Å².